The Morgan fingerprint density at radius 1 is 1.06 bits per heavy atom. The summed E-state index contributed by atoms with van der Waals surface area (Å²) in [5.41, 5.74) is 0.127. The molecular weight excluding hydrogens is 423 g/mol. The van der Waals surface area contributed by atoms with E-state index in [0.29, 0.717) is 32.5 Å². The molecule has 0 radical (unpaired) electrons. The lowest BCUT2D eigenvalue weighted by Crippen LogP contribution is -2.49. The van der Waals surface area contributed by atoms with Crippen LogP contribution < -0.4 is 15.4 Å². The van der Waals surface area contributed by atoms with Crippen molar-refractivity contribution < 1.29 is 27.5 Å². The molecule has 0 aliphatic carbocycles. The predicted molar refractivity (Wildman–Crippen MR) is 113 cm³/mol. The van der Waals surface area contributed by atoms with E-state index >= 15 is 0 Å². The van der Waals surface area contributed by atoms with E-state index < -0.39 is 11.7 Å². The van der Waals surface area contributed by atoms with Crippen molar-refractivity contribution >= 4 is 11.9 Å². The summed E-state index contributed by atoms with van der Waals surface area (Å²) >= 11 is 0. The van der Waals surface area contributed by atoms with Gasteiger partial charge in [-0.2, -0.15) is 13.2 Å². The van der Waals surface area contributed by atoms with Crippen LogP contribution in [0.2, 0.25) is 0 Å². The second-order valence-corrected chi connectivity index (χ2v) is 7.66. The van der Waals surface area contributed by atoms with Crippen LogP contribution in [0, 0.1) is 0 Å². The van der Waals surface area contributed by atoms with Crippen molar-refractivity contribution in [2.75, 3.05) is 20.2 Å². The summed E-state index contributed by atoms with van der Waals surface area (Å²) in [6.07, 6.45) is -3.70. The van der Waals surface area contributed by atoms with E-state index in [-0.39, 0.29) is 30.0 Å². The van der Waals surface area contributed by atoms with Crippen LogP contribution in [0.25, 0.3) is 0 Å². The molecule has 172 valence electrons. The molecule has 3 rings (SSSR count). The number of amides is 3. The average Bonchev–Trinajstić information content (AvgIpc) is 2.78. The number of methoxy groups -OCH3 is 1. The molecule has 1 saturated heterocycles. The minimum Gasteiger partial charge on any atom is -0.497 e. The smallest absolute Gasteiger partial charge is 0.416 e. The highest BCUT2D eigenvalue weighted by Crippen LogP contribution is 2.32. The van der Waals surface area contributed by atoms with Gasteiger partial charge in [0, 0.05) is 25.7 Å². The van der Waals surface area contributed by atoms with Gasteiger partial charge in [0.15, 0.2) is 0 Å². The first kappa shape index (κ1) is 23.4. The number of hydrogen-bond acceptors (Lipinski definition) is 3. The van der Waals surface area contributed by atoms with Crippen LogP contribution in [0.15, 0.2) is 48.5 Å². The molecule has 9 heteroatoms. The maximum atomic E-state index is 13.1. The molecule has 0 aromatic heterocycles. The van der Waals surface area contributed by atoms with Crippen molar-refractivity contribution in [3.05, 3.63) is 65.2 Å². The summed E-state index contributed by atoms with van der Waals surface area (Å²) in [4.78, 5) is 26.2. The molecular formula is C23H26F3N3O3. The number of benzene rings is 2. The van der Waals surface area contributed by atoms with Crippen LogP contribution in [0.4, 0.5) is 18.0 Å². The molecule has 0 bridgehead atoms. The molecule has 0 spiro atoms. The van der Waals surface area contributed by atoms with Gasteiger partial charge in [-0.05, 0) is 42.2 Å². The number of nitrogens with one attached hydrogen (secondary N) is 2. The van der Waals surface area contributed by atoms with Crippen molar-refractivity contribution in [2.45, 2.75) is 38.0 Å². The summed E-state index contributed by atoms with van der Waals surface area (Å²) < 4.78 is 44.5. The quantitative estimate of drug-likeness (QED) is 0.706. The Kier molecular flexibility index (Phi) is 7.61. The number of rotatable bonds is 6. The maximum Gasteiger partial charge on any atom is 0.416 e. The third-order valence-electron chi connectivity index (χ3n) is 5.46. The van der Waals surface area contributed by atoms with E-state index in [2.05, 4.69) is 10.6 Å². The highest BCUT2D eigenvalue weighted by Gasteiger charge is 2.34. The molecule has 3 amide bonds. The molecule has 1 fully saturated rings. The first-order valence-corrected chi connectivity index (χ1v) is 10.4. The lowest BCUT2D eigenvalue weighted by molar-refractivity contribution is -0.138. The molecule has 1 aliphatic rings. The van der Waals surface area contributed by atoms with Crippen LogP contribution in [-0.4, -0.2) is 43.1 Å². The SMILES string of the molecule is COc1ccc(CNC(=O)NC2CCN(C(=O)Cc3ccccc3C(F)(F)F)CC2)cc1. The van der Waals surface area contributed by atoms with Gasteiger partial charge >= 0.3 is 12.2 Å². The average molecular weight is 449 g/mol. The number of carbonyl (C=O) groups is 2. The van der Waals surface area contributed by atoms with Crippen molar-refractivity contribution in [1.29, 1.82) is 0 Å². The summed E-state index contributed by atoms with van der Waals surface area (Å²) in [7, 11) is 1.58. The zero-order valence-electron chi connectivity index (χ0n) is 17.7. The molecule has 2 N–H and O–H groups in total. The standard InChI is InChI=1S/C23H26F3N3O3/c1-32-19-8-6-16(7-9-19)15-27-22(31)28-18-10-12-29(13-11-18)21(30)14-17-4-2-3-5-20(17)23(24,25)26/h2-9,18H,10-15H2,1H3,(H2,27,28,31). The third kappa shape index (κ3) is 6.38. The van der Waals surface area contributed by atoms with Crippen molar-refractivity contribution in [1.82, 2.24) is 15.5 Å². The molecule has 1 aliphatic heterocycles. The summed E-state index contributed by atoms with van der Waals surface area (Å²) in [5.74, 6) is 0.394. The first-order chi connectivity index (χ1) is 15.3. The first-order valence-electron chi connectivity index (χ1n) is 10.4. The van der Waals surface area contributed by atoms with Gasteiger partial charge in [-0.3, -0.25) is 4.79 Å². The van der Waals surface area contributed by atoms with Gasteiger partial charge in [0.2, 0.25) is 5.91 Å². The van der Waals surface area contributed by atoms with E-state index in [9.17, 15) is 22.8 Å². The molecule has 0 saturated carbocycles. The number of hydrogen-bond donors (Lipinski definition) is 2. The second kappa shape index (κ2) is 10.4. The number of nitrogens with zero attached hydrogens (tertiary/aromatic N) is 1. The Morgan fingerprint density at radius 3 is 2.34 bits per heavy atom. The Balaban J connectivity index is 1.43. The molecule has 2 aromatic carbocycles. The lowest BCUT2D eigenvalue weighted by Gasteiger charge is -2.32. The van der Waals surface area contributed by atoms with Crippen LogP contribution in [0.1, 0.15) is 29.5 Å². The number of piperidine rings is 1. The third-order valence-corrected chi connectivity index (χ3v) is 5.46. The van der Waals surface area contributed by atoms with Gasteiger partial charge in [0.05, 0.1) is 19.1 Å². The second-order valence-electron chi connectivity index (χ2n) is 7.66. The molecule has 6 nitrogen and oxygen atoms in total. The van der Waals surface area contributed by atoms with Crippen LogP contribution in [0.5, 0.6) is 5.75 Å². The van der Waals surface area contributed by atoms with Crippen molar-refractivity contribution in [2.24, 2.45) is 0 Å². The normalized spacial score (nSPS) is 14.7. The number of alkyl halides is 3. The predicted octanol–water partition coefficient (Wildman–Crippen LogP) is 3.75. The fraction of sp³-hybridized carbons (Fsp3) is 0.391. The zero-order valence-corrected chi connectivity index (χ0v) is 17.7. The van der Waals surface area contributed by atoms with Crippen molar-refractivity contribution in [3.63, 3.8) is 0 Å². The number of urea groups is 1. The van der Waals surface area contributed by atoms with Crippen LogP contribution in [-0.2, 0) is 23.9 Å². The number of likely N-dealkylation sites (tertiary alicyclic amines) is 1. The van der Waals surface area contributed by atoms with Crippen molar-refractivity contribution in [3.8, 4) is 5.75 Å². The van der Waals surface area contributed by atoms with Crippen LogP contribution >= 0.6 is 0 Å². The number of ether oxygens (including phenoxy) is 1. The molecule has 0 unspecified atom stereocenters. The Bertz CT molecular complexity index is 924. The van der Waals surface area contributed by atoms with E-state index in [4.69, 9.17) is 4.74 Å². The molecule has 2 aromatic rings. The Hall–Kier alpha value is -3.23. The monoisotopic (exact) mass is 449 g/mol. The Labute approximate surface area is 184 Å². The highest BCUT2D eigenvalue weighted by atomic mass is 19.4. The summed E-state index contributed by atoms with van der Waals surface area (Å²) in [6.45, 7) is 1.14. The highest BCUT2D eigenvalue weighted by molar-refractivity contribution is 5.79. The lowest BCUT2D eigenvalue weighted by atomic mass is 10.0. The summed E-state index contributed by atoms with van der Waals surface area (Å²) in [6, 6.07) is 12.1. The van der Waals surface area contributed by atoms with Crippen LogP contribution in [0.3, 0.4) is 0 Å². The van der Waals surface area contributed by atoms with Gasteiger partial charge in [-0.25, -0.2) is 4.79 Å². The van der Waals surface area contributed by atoms with Gasteiger partial charge in [0.1, 0.15) is 5.75 Å². The minimum atomic E-state index is -4.49. The maximum absolute atomic E-state index is 13.1. The largest absolute Gasteiger partial charge is 0.497 e. The molecule has 32 heavy (non-hydrogen) atoms. The van der Waals surface area contributed by atoms with Gasteiger partial charge in [0.25, 0.3) is 0 Å². The number of carbonyl (C=O) groups excluding carboxylic acids is 2. The number of halogens is 3. The van der Waals surface area contributed by atoms with E-state index in [1.165, 1.54) is 18.2 Å². The fourth-order valence-corrected chi connectivity index (χ4v) is 3.66. The van der Waals surface area contributed by atoms with Gasteiger partial charge in [-0.15, -0.1) is 0 Å². The van der Waals surface area contributed by atoms with E-state index in [1.54, 1.807) is 12.0 Å². The summed E-state index contributed by atoms with van der Waals surface area (Å²) in [5, 5.41) is 5.68. The molecule has 1 heterocycles. The van der Waals surface area contributed by atoms with Gasteiger partial charge < -0.3 is 20.3 Å². The topological polar surface area (TPSA) is 70.7 Å². The Morgan fingerprint density at radius 2 is 1.72 bits per heavy atom. The van der Waals surface area contributed by atoms with E-state index in [0.717, 1.165) is 17.4 Å². The zero-order chi connectivity index (χ0) is 23.1. The van der Waals surface area contributed by atoms with E-state index in [1.807, 2.05) is 24.3 Å². The fourth-order valence-electron chi connectivity index (χ4n) is 3.66. The molecule has 0 atom stereocenters. The minimum absolute atomic E-state index is 0.0249. The van der Waals surface area contributed by atoms with Gasteiger partial charge in [-0.1, -0.05) is 30.3 Å².